The van der Waals surface area contributed by atoms with Gasteiger partial charge >= 0.3 is 16.2 Å². The van der Waals surface area contributed by atoms with Gasteiger partial charge in [0.05, 0.1) is 0 Å². The zero-order valence-electron chi connectivity index (χ0n) is 6.54. The molecule has 1 aromatic rings. The van der Waals surface area contributed by atoms with Crippen LogP contribution in [-0.4, -0.2) is 21.8 Å². The lowest BCUT2D eigenvalue weighted by atomic mass is 10.5. The molecule has 0 aromatic carbocycles. The van der Waals surface area contributed by atoms with Crippen molar-refractivity contribution in [2.75, 3.05) is 0 Å². The van der Waals surface area contributed by atoms with Crippen LogP contribution in [0.3, 0.4) is 0 Å². The zero-order valence-corrected chi connectivity index (χ0v) is 9.68. The van der Waals surface area contributed by atoms with E-state index in [2.05, 4.69) is 26.3 Å². The molecule has 1 rings (SSSR count). The Morgan fingerprint density at radius 3 is 1.21 bits per heavy atom. The van der Waals surface area contributed by atoms with Gasteiger partial charge in [0.25, 0.3) is 0 Å². The quantitative estimate of drug-likeness (QED) is 0.568. The third kappa shape index (κ3) is 6.14. The van der Waals surface area contributed by atoms with Gasteiger partial charge < -0.3 is 0 Å². The van der Waals surface area contributed by atoms with Crippen LogP contribution in [0.5, 0.6) is 0 Å². The van der Waals surface area contributed by atoms with Crippen molar-refractivity contribution in [1.29, 1.82) is 0 Å². The monoisotopic (exact) mass is 277 g/mol. The fourth-order valence-electron chi connectivity index (χ4n) is 0.313. The summed E-state index contributed by atoms with van der Waals surface area (Å²) in [6.07, 6.45) is 3.50. The molecule has 80 valence electrons. The molecule has 1 aromatic heterocycles. The Morgan fingerprint density at radius 1 is 0.786 bits per heavy atom. The van der Waals surface area contributed by atoms with E-state index in [4.69, 9.17) is 0 Å². The summed E-state index contributed by atoms with van der Waals surface area (Å²) >= 11 is 0. The smallest absolute Gasteiger partial charge is 0.265 e. The highest BCUT2D eigenvalue weighted by molar-refractivity contribution is 8.83. The highest BCUT2D eigenvalue weighted by Gasteiger charge is 2.23. The molecule has 9 heteroatoms. The summed E-state index contributed by atoms with van der Waals surface area (Å²) in [7, 11) is -0.738. The summed E-state index contributed by atoms with van der Waals surface area (Å²) in [6, 6.07) is 5.72. The molecule has 0 atom stereocenters. The third-order valence-corrected chi connectivity index (χ3v) is 6.27. The van der Waals surface area contributed by atoms with Crippen LogP contribution in [0.4, 0.5) is 0 Å². The van der Waals surface area contributed by atoms with Crippen LogP contribution >= 0.6 is 21.4 Å². The van der Waals surface area contributed by atoms with E-state index in [1.165, 1.54) is 0 Å². The highest BCUT2D eigenvalue weighted by atomic mass is 35.8. The molecule has 0 aliphatic heterocycles. The molecule has 0 saturated carbocycles. The van der Waals surface area contributed by atoms with Gasteiger partial charge in [-0.2, -0.15) is 16.8 Å². The summed E-state index contributed by atoms with van der Waals surface area (Å²) in [5.41, 5.74) is 0. The van der Waals surface area contributed by atoms with Gasteiger partial charge in [0.2, 0.25) is 0 Å². The first-order valence-corrected chi connectivity index (χ1v) is 8.13. The fraction of sp³-hybridized carbons (Fsp3) is 0. The molecular weight excluding hydrogens is 273 g/mol. The normalized spacial score (nSPS) is 11.3. The van der Waals surface area contributed by atoms with Crippen molar-refractivity contribution in [1.82, 2.24) is 4.98 Å². The Hall–Kier alpha value is -0.370. The molecular formula is C5H5Cl2NO4S2. The molecule has 0 bridgehead atoms. The van der Waals surface area contributed by atoms with E-state index >= 15 is 0 Å². The van der Waals surface area contributed by atoms with Gasteiger partial charge in [-0.05, 0) is 12.1 Å². The largest absolute Gasteiger partial charge is 0.351 e. The van der Waals surface area contributed by atoms with Gasteiger partial charge in [-0.25, -0.2) is 0 Å². The predicted octanol–water partition coefficient (Wildman–Crippen LogP) is 1.12. The van der Waals surface area contributed by atoms with Gasteiger partial charge in [0, 0.05) is 33.8 Å². The van der Waals surface area contributed by atoms with Crippen molar-refractivity contribution in [2.45, 2.75) is 0 Å². The molecule has 0 aliphatic carbocycles. The van der Waals surface area contributed by atoms with E-state index in [0.29, 0.717) is 0 Å². The number of hydrogen-bond acceptors (Lipinski definition) is 5. The minimum Gasteiger partial charge on any atom is -0.265 e. The average molecular weight is 278 g/mol. The predicted molar refractivity (Wildman–Crippen MR) is 53.8 cm³/mol. The van der Waals surface area contributed by atoms with Crippen LogP contribution in [0.1, 0.15) is 0 Å². The molecule has 0 unspecified atom stereocenters. The molecule has 0 fully saturated rings. The van der Waals surface area contributed by atoms with Crippen molar-refractivity contribution < 1.29 is 16.8 Å². The first kappa shape index (κ1) is 13.6. The molecule has 1 heterocycles. The van der Waals surface area contributed by atoms with Gasteiger partial charge in [0.15, 0.2) is 0 Å². The topological polar surface area (TPSA) is 81.2 Å². The van der Waals surface area contributed by atoms with Crippen molar-refractivity contribution in [3.63, 3.8) is 0 Å². The Balaban J connectivity index is 0.000000249. The summed E-state index contributed by atoms with van der Waals surface area (Å²) in [5.74, 6) is 0. The number of pyridine rings is 1. The molecule has 0 aliphatic rings. The summed E-state index contributed by atoms with van der Waals surface area (Å²) < 4.78 is 38.8. The van der Waals surface area contributed by atoms with Gasteiger partial charge in [-0.3, -0.25) is 4.98 Å². The lowest BCUT2D eigenvalue weighted by Gasteiger charge is -1.81. The third-order valence-electron chi connectivity index (χ3n) is 0.804. The highest BCUT2D eigenvalue weighted by Crippen LogP contribution is 2.11. The van der Waals surface area contributed by atoms with Crippen molar-refractivity contribution in [2.24, 2.45) is 0 Å². The fourth-order valence-corrected chi connectivity index (χ4v) is 0.313. The van der Waals surface area contributed by atoms with E-state index in [9.17, 15) is 16.8 Å². The lowest BCUT2D eigenvalue weighted by Crippen LogP contribution is -1.98. The van der Waals surface area contributed by atoms with Crippen molar-refractivity contribution in [3.05, 3.63) is 30.6 Å². The molecule has 14 heavy (non-hydrogen) atoms. The molecule has 0 radical (unpaired) electrons. The number of aromatic nitrogens is 1. The Kier molecular flexibility index (Phi) is 5.35. The standard InChI is InChI=1S/C5H5N.Cl2O4S2/c1-2-4-6-5-3-1;1-7(3,4)8(2,5)6/h1-5H;. The van der Waals surface area contributed by atoms with E-state index in [1.807, 2.05) is 18.2 Å². The van der Waals surface area contributed by atoms with Crippen molar-refractivity contribution >= 4 is 37.5 Å². The maximum atomic E-state index is 9.70. The second kappa shape index (κ2) is 5.50. The van der Waals surface area contributed by atoms with Crippen LogP contribution in [0.15, 0.2) is 30.6 Å². The van der Waals surface area contributed by atoms with Crippen LogP contribution in [0.2, 0.25) is 0 Å². The summed E-state index contributed by atoms with van der Waals surface area (Å²) in [6.45, 7) is 0. The average Bonchev–Trinajstić information content (AvgIpc) is 2.05. The molecule has 0 amide bonds. The first-order chi connectivity index (χ1) is 6.25. The maximum Gasteiger partial charge on any atom is 0.351 e. The van der Waals surface area contributed by atoms with E-state index < -0.39 is 16.2 Å². The molecule has 0 N–H and O–H groups in total. The van der Waals surface area contributed by atoms with Crippen LogP contribution in [-0.2, 0) is 16.2 Å². The van der Waals surface area contributed by atoms with E-state index in [0.717, 1.165) is 0 Å². The first-order valence-electron chi connectivity index (χ1n) is 2.99. The van der Waals surface area contributed by atoms with Gasteiger partial charge in [-0.15, -0.1) is 0 Å². The summed E-state index contributed by atoms with van der Waals surface area (Å²) in [5, 5.41) is 0. The van der Waals surface area contributed by atoms with E-state index in [-0.39, 0.29) is 0 Å². The number of hydrogen-bond donors (Lipinski definition) is 0. The van der Waals surface area contributed by atoms with Crippen LogP contribution in [0, 0.1) is 0 Å². The zero-order chi connectivity index (χ0) is 11.2. The Labute approximate surface area is 89.9 Å². The minimum absolute atomic E-state index is 1.75. The number of halogens is 2. The maximum absolute atomic E-state index is 9.70. The lowest BCUT2D eigenvalue weighted by molar-refractivity contribution is 0.598. The Bertz CT molecular complexity index is 399. The van der Waals surface area contributed by atoms with Gasteiger partial charge in [0.1, 0.15) is 0 Å². The minimum atomic E-state index is -4.63. The SMILES string of the molecule is O=S(=O)(Cl)S(=O)(=O)Cl.c1ccncc1. The second-order valence-electron chi connectivity index (χ2n) is 1.81. The van der Waals surface area contributed by atoms with E-state index in [1.54, 1.807) is 12.4 Å². The van der Waals surface area contributed by atoms with Gasteiger partial charge in [-0.1, -0.05) is 6.07 Å². The van der Waals surface area contributed by atoms with Crippen LogP contribution in [0.25, 0.3) is 0 Å². The molecule has 5 nitrogen and oxygen atoms in total. The number of nitrogens with zero attached hydrogens (tertiary/aromatic N) is 1. The van der Waals surface area contributed by atoms with Crippen molar-refractivity contribution in [3.8, 4) is 0 Å². The molecule has 0 spiro atoms. The molecule has 0 saturated heterocycles. The summed E-state index contributed by atoms with van der Waals surface area (Å²) in [4.78, 5) is 3.78. The second-order valence-corrected chi connectivity index (χ2v) is 9.55. The Morgan fingerprint density at radius 2 is 1.14 bits per heavy atom. The number of rotatable bonds is 1. The van der Waals surface area contributed by atoms with Crippen LogP contribution < -0.4 is 0 Å².